The lowest BCUT2D eigenvalue weighted by Crippen LogP contribution is -2.45. The van der Waals surface area contributed by atoms with Gasteiger partial charge in [-0.05, 0) is 30.5 Å². The summed E-state index contributed by atoms with van der Waals surface area (Å²) in [5.74, 6) is -0.761. The summed E-state index contributed by atoms with van der Waals surface area (Å²) in [6, 6.07) is 12.6. The van der Waals surface area contributed by atoms with Crippen LogP contribution in [0.15, 0.2) is 58.1 Å². The van der Waals surface area contributed by atoms with Crippen LogP contribution in [-0.4, -0.2) is 33.5 Å². The topological polar surface area (TPSA) is 154 Å². The maximum absolute atomic E-state index is 13.7. The van der Waals surface area contributed by atoms with E-state index in [-0.39, 0.29) is 41.1 Å². The van der Waals surface area contributed by atoms with Crippen LogP contribution in [0.25, 0.3) is 0 Å². The van der Waals surface area contributed by atoms with Crippen LogP contribution in [0, 0.1) is 10.1 Å². The molecule has 11 nitrogen and oxygen atoms in total. The molecule has 35 heavy (non-hydrogen) atoms. The average molecular weight is 479 g/mol. The van der Waals surface area contributed by atoms with Crippen molar-refractivity contribution in [1.82, 2.24) is 9.55 Å². The smallest absolute Gasteiger partial charge is 0.330 e. The molecule has 0 bridgehead atoms. The third-order valence-electron chi connectivity index (χ3n) is 6.17. The van der Waals surface area contributed by atoms with Crippen molar-refractivity contribution in [3.8, 4) is 5.75 Å². The van der Waals surface area contributed by atoms with Gasteiger partial charge in [0.1, 0.15) is 5.82 Å². The molecule has 0 unspecified atom stereocenters. The largest absolute Gasteiger partial charge is 0.490 e. The molecular weight excluding hydrogens is 454 g/mol. The SMILES string of the molecule is COc1ccc(C(=O)N(c2c(N)n(Cc3ccccc3)c(=O)[nH]c2=O)C2CCCC2)cc1[N+](=O)[O-]. The van der Waals surface area contributed by atoms with Gasteiger partial charge in [-0.3, -0.25) is 34.2 Å². The number of rotatable bonds is 7. The highest BCUT2D eigenvalue weighted by molar-refractivity contribution is 6.08. The molecule has 0 aliphatic heterocycles. The van der Waals surface area contributed by atoms with Crippen molar-refractivity contribution in [2.45, 2.75) is 38.3 Å². The molecule has 1 amide bonds. The van der Waals surface area contributed by atoms with E-state index in [4.69, 9.17) is 10.5 Å². The minimum atomic E-state index is -0.792. The molecule has 0 atom stereocenters. The standard InChI is InChI=1S/C24H25N5O6/c1-35-19-12-11-16(13-18(19)29(33)34)23(31)28(17-9-5-6-10-17)20-21(25)27(24(32)26-22(20)30)14-15-7-3-2-4-8-15/h2-4,7-8,11-13,17H,5-6,9-10,14,25H2,1H3,(H,26,30,32). The van der Waals surface area contributed by atoms with Gasteiger partial charge in [-0.15, -0.1) is 0 Å². The quantitative estimate of drug-likeness (QED) is 0.390. The Morgan fingerprint density at radius 2 is 1.89 bits per heavy atom. The van der Waals surface area contributed by atoms with Crippen molar-refractivity contribution in [2.75, 3.05) is 17.7 Å². The van der Waals surface area contributed by atoms with E-state index >= 15 is 0 Å². The number of benzene rings is 2. The Morgan fingerprint density at radius 1 is 1.20 bits per heavy atom. The van der Waals surface area contributed by atoms with Crippen LogP contribution >= 0.6 is 0 Å². The summed E-state index contributed by atoms with van der Waals surface area (Å²) >= 11 is 0. The lowest BCUT2D eigenvalue weighted by molar-refractivity contribution is -0.385. The summed E-state index contributed by atoms with van der Waals surface area (Å²) in [7, 11) is 1.30. The number of nitro groups is 1. The van der Waals surface area contributed by atoms with Gasteiger partial charge in [0, 0.05) is 17.7 Å². The number of methoxy groups -OCH3 is 1. The highest BCUT2D eigenvalue weighted by Crippen LogP contribution is 2.33. The number of nitrogens with zero attached hydrogens (tertiary/aromatic N) is 3. The van der Waals surface area contributed by atoms with E-state index in [0.717, 1.165) is 24.5 Å². The number of H-pyrrole nitrogens is 1. The second kappa shape index (κ2) is 9.84. The van der Waals surface area contributed by atoms with Gasteiger partial charge >= 0.3 is 11.4 Å². The minimum Gasteiger partial charge on any atom is -0.490 e. The number of carbonyl (C=O) groups is 1. The summed E-state index contributed by atoms with van der Waals surface area (Å²) in [5.41, 5.74) is 5.14. The maximum atomic E-state index is 13.7. The van der Waals surface area contributed by atoms with Crippen LogP contribution in [0.5, 0.6) is 5.75 Å². The van der Waals surface area contributed by atoms with Crippen LogP contribution < -0.4 is 26.6 Å². The number of hydrogen-bond acceptors (Lipinski definition) is 7. The second-order valence-electron chi connectivity index (χ2n) is 8.32. The van der Waals surface area contributed by atoms with E-state index in [2.05, 4.69) is 4.98 Å². The molecule has 182 valence electrons. The molecule has 1 fully saturated rings. The first kappa shape index (κ1) is 23.7. The molecule has 1 saturated carbocycles. The van der Waals surface area contributed by atoms with Crippen molar-refractivity contribution < 1.29 is 14.5 Å². The summed E-state index contributed by atoms with van der Waals surface area (Å²) in [6.45, 7) is 0.0932. The van der Waals surface area contributed by atoms with Crippen LogP contribution in [0.1, 0.15) is 41.6 Å². The van der Waals surface area contributed by atoms with Gasteiger partial charge in [-0.1, -0.05) is 43.2 Å². The lowest BCUT2D eigenvalue weighted by Gasteiger charge is -2.30. The Hall–Kier alpha value is -4.41. The number of aromatic amines is 1. The zero-order valence-electron chi connectivity index (χ0n) is 19.1. The number of carbonyl (C=O) groups excluding carboxylic acids is 1. The summed E-state index contributed by atoms with van der Waals surface area (Å²) in [4.78, 5) is 53.8. The van der Waals surface area contributed by atoms with Gasteiger partial charge in [0.15, 0.2) is 11.4 Å². The molecule has 1 aliphatic carbocycles. The first-order chi connectivity index (χ1) is 16.8. The Kier molecular flexibility index (Phi) is 6.67. The number of nitro benzene ring substituents is 1. The average Bonchev–Trinajstić information content (AvgIpc) is 3.38. The van der Waals surface area contributed by atoms with Gasteiger partial charge in [-0.2, -0.15) is 0 Å². The van der Waals surface area contributed by atoms with E-state index in [1.807, 2.05) is 30.3 Å². The van der Waals surface area contributed by atoms with Crippen molar-refractivity contribution in [3.63, 3.8) is 0 Å². The first-order valence-electron chi connectivity index (χ1n) is 11.1. The molecule has 3 N–H and O–H groups in total. The number of nitrogens with two attached hydrogens (primary N) is 1. The van der Waals surface area contributed by atoms with Crippen LogP contribution in [0.3, 0.4) is 0 Å². The van der Waals surface area contributed by atoms with E-state index in [0.29, 0.717) is 12.8 Å². The number of ether oxygens (including phenoxy) is 1. The van der Waals surface area contributed by atoms with Crippen LogP contribution in [0.4, 0.5) is 17.2 Å². The number of anilines is 2. The fraction of sp³-hybridized carbons (Fsp3) is 0.292. The normalized spacial score (nSPS) is 13.5. The number of hydrogen-bond donors (Lipinski definition) is 2. The molecule has 11 heteroatoms. The monoisotopic (exact) mass is 479 g/mol. The lowest BCUT2D eigenvalue weighted by atomic mass is 10.1. The Bertz CT molecular complexity index is 1380. The van der Waals surface area contributed by atoms with Gasteiger partial charge in [0.05, 0.1) is 18.6 Å². The van der Waals surface area contributed by atoms with Gasteiger partial charge in [0.25, 0.3) is 11.5 Å². The van der Waals surface area contributed by atoms with E-state index in [1.165, 1.54) is 28.7 Å². The van der Waals surface area contributed by atoms with E-state index in [9.17, 15) is 24.5 Å². The molecule has 1 aliphatic rings. The van der Waals surface area contributed by atoms with Crippen molar-refractivity contribution in [1.29, 1.82) is 0 Å². The number of nitrogens with one attached hydrogen (secondary N) is 1. The van der Waals surface area contributed by atoms with E-state index in [1.54, 1.807) is 0 Å². The van der Waals surface area contributed by atoms with Crippen molar-refractivity contribution in [2.24, 2.45) is 0 Å². The summed E-state index contributed by atoms with van der Waals surface area (Å²) < 4.78 is 6.24. The van der Waals surface area contributed by atoms with Crippen LogP contribution in [-0.2, 0) is 6.54 Å². The molecule has 3 aromatic rings. The zero-order chi connectivity index (χ0) is 25.1. The Labute approximate surface area is 199 Å². The number of aromatic nitrogens is 2. The highest BCUT2D eigenvalue weighted by Gasteiger charge is 2.34. The second-order valence-corrected chi connectivity index (χ2v) is 8.32. The van der Waals surface area contributed by atoms with Gasteiger partial charge < -0.3 is 10.5 Å². The van der Waals surface area contributed by atoms with E-state index < -0.39 is 22.1 Å². The zero-order valence-corrected chi connectivity index (χ0v) is 19.1. The summed E-state index contributed by atoms with van der Waals surface area (Å²) in [5, 5.41) is 11.5. The molecule has 2 aromatic carbocycles. The Balaban J connectivity index is 1.85. The molecule has 0 radical (unpaired) electrons. The number of nitrogen functional groups attached to an aromatic ring is 1. The maximum Gasteiger partial charge on any atom is 0.330 e. The van der Waals surface area contributed by atoms with Crippen molar-refractivity contribution in [3.05, 3.63) is 90.6 Å². The highest BCUT2D eigenvalue weighted by atomic mass is 16.6. The Morgan fingerprint density at radius 3 is 2.51 bits per heavy atom. The summed E-state index contributed by atoms with van der Waals surface area (Å²) in [6.07, 6.45) is 2.94. The predicted molar refractivity (Wildman–Crippen MR) is 130 cm³/mol. The molecular formula is C24H25N5O6. The third kappa shape index (κ3) is 4.65. The van der Waals surface area contributed by atoms with Crippen LogP contribution in [0.2, 0.25) is 0 Å². The number of amides is 1. The molecule has 0 spiro atoms. The molecule has 1 aromatic heterocycles. The third-order valence-corrected chi connectivity index (χ3v) is 6.17. The first-order valence-corrected chi connectivity index (χ1v) is 11.1. The molecule has 1 heterocycles. The minimum absolute atomic E-state index is 0.00371. The van der Waals surface area contributed by atoms with Crippen molar-refractivity contribution >= 4 is 23.1 Å². The fourth-order valence-corrected chi connectivity index (χ4v) is 4.45. The molecule has 4 rings (SSSR count). The van der Waals surface area contributed by atoms with Gasteiger partial charge in [-0.25, -0.2) is 4.79 Å². The predicted octanol–water partition coefficient (Wildman–Crippen LogP) is 2.67. The molecule has 0 saturated heterocycles. The fourth-order valence-electron chi connectivity index (χ4n) is 4.45. The van der Waals surface area contributed by atoms with Gasteiger partial charge in [0.2, 0.25) is 0 Å².